The van der Waals surface area contributed by atoms with Crippen LogP contribution in [0.1, 0.15) is 22.8 Å². The number of carbonyl (C=O) groups excluding carboxylic acids is 1. The minimum atomic E-state index is -1.43. The van der Waals surface area contributed by atoms with Crippen molar-refractivity contribution in [2.45, 2.75) is 11.8 Å². The molecule has 2 aromatic carbocycles. The molecular formula is C17H15NO2S. The molecule has 0 aliphatic carbocycles. The predicted molar refractivity (Wildman–Crippen MR) is 84.2 cm³/mol. The molecular weight excluding hydrogens is 282 g/mol. The molecule has 0 spiro atoms. The van der Waals surface area contributed by atoms with E-state index in [1.807, 2.05) is 43.3 Å². The Morgan fingerprint density at radius 2 is 1.76 bits per heavy atom. The lowest BCUT2D eigenvalue weighted by molar-refractivity contribution is 0.104. The van der Waals surface area contributed by atoms with Gasteiger partial charge in [-0.05, 0) is 19.1 Å². The summed E-state index contributed by atoms with van der Waals surface area (Å²) in [5, 5.41) is 3.20. The van der Waals surface area contributed by atoms with E-state index in [4.69, 9.17) is 0 Å². The molecule has 0 aromatic heterocycles. The van der Waals surface area contributed by atoms with Crippen molar-refractivity contribution in [2.75, 3.05) is 6.54 Å². The number of hydrogen-bond donors (Lipinski definition) is 1. The molecule has 2 aromatic rings. The van der Waals surface area contributed by atoms with Crippen LogP contribution in [-0.2, 0) is 11.2 Å². The first-order valence-corrected chi connectivity index (χ1v) is 7.98. The number of fused-ring (bicyclic) bond motifs is 1. The van der Waals surface area contributed by atoms with E-state index in [0.717, 1.165) is 5.56 Å². The summed E-state index contributed by atoms with van der Waals surface area (Å²) in [5.41, 5.74) is 2.08. The van der Waals surface area contributed by atoms with E-state index in [9.17, 15) is 9.35 Å². The van der Waals surface area contributed by atoms with Crippen molar-refractivity contribution >= 4 is 22.7 Å². The number of ketones is 1. The average Bonchev–Trinajstić information content (AvgIpc) is 2.78. The van der Waals surface area contributed by atoms with Gasteiger partial charge in [0.2, 0.25) is 10.7 Å². The maximum absolute atomic E-state index is 12.7. The Hall–Kier alpha value is -2.04. The van der Waals surface area contributed by atoms with Crippen molar-refractivity contribution in [3.8, 4) is 0 Å². The summed E-state index contributed by atoms with van der Waals surface area (Å²) in [6, 6.07) is 16.7. The van der Waals surface area contributed by atoms with Crippen LogP contribution >= 0.6 is 0 Å². The molecule has 0 saturated heterocycles. The quantitative estimate of drug-likeness (QED) is 0.700. The van der Waals surface area contributed by atoms with E-state index in [-0.39, 0.29) is 5.78 Å². The maximum Gasteiger partial charge on any atom is 0.248 e. The first-order chi connectivity index (χ1) is 10.2. The maximum atomic E-state index is 12.7. The number of Topliss-reactive ketones (excluding diaryl/α,β-unsaturated/α-hetero) is 1. The molecule has 0 saturated carbocycles. The second-order valence-corrected chi connectivity index (χ2v) is 6.08. The fraction of sp³-hybridized carbons (Fsp3) is 0.118. The van der Waals surface area contributed by atoms with E-state index < -0.39 is 11.2 Å². The fourth-order valence-corrected chi connectivity index (χ4v) is 3.87. The Morgan fingerprint density at radius 3 is 2.43 bits per heavy atom. The molecule has 0 bridgehead atoms. The molecule has 0 amide bonds. The van der Waals surface area contributed by atoms with Crippen LogP contribution in [0.15, 0.2) is 64.4 Å². The first-order valence-electron chi connectivity index (χ1n) is 6.83. The van der Waals surface area contributed by atoms with Crippen LogP contribution in [0, 0.1) is 0 Å². The van der Waals surface area contributed by atoms with E-state index in [1.54, 1.807) is 18.2 Å². The second kappa shape index (κ2) is 5.76. The van der Waals surface area contributed by atoms with Crippen molar-refractivity contribution in [1.82, 2.24) is 5.32 Å². The molecule has 1 atom stereocenters. The number of rotatable bonds is 3. The van der Waals surface area contributed by atoms with Gasteiger partial charge in [-0.25, -0.2) is 0 Å². The van der Waals surface area contributed by atoms with Gasteiger partial charge in [0.25, 0.3) is 0 Å². The summed E-state index contributed by atoms with van der Waals surface area (Å²) in [6.45, 7) is 2.62. The van der Waals surface area contributed by atoms with Crippen molar-refractivity contribution in [1.29, 1.82) is 0 Å². The largest absolute Gasteiger partial charge is 0.606 e. The number of nitrogens with one attached hydrogen (secondary N) is 1. The van der Waals surface area contributed by atoms with Gasteiger partial charge >= 0.3 is 0 Å². The highest BCUT2D eigenvalue weighted by Crippen LogP contribution is 2.37. The Morgan fingerprint density at radius 1 is 1.10 bits per heavy atom. The van der Waals surface area contributed by atoms with Crippen molar-refractivity contribution in [3.05, 3.63) is 70.6 Å². The number of hydrogen-bond acceptors (Lipinski definition) is 3. The summed E-state index contributed by atoms with van der Waals surface area (Å²) in [7, 11) is 0. The van der Waals surface area contributed by atoms with E-state index in [0.29, 0.717) is 27.6 Å². The standard InChI is InChI=1S/C17H15NO2S/c1-2-18-15(12-8-4-3-5-9-12)17-16(19)13-10-6-7-11-14(13)21(17)20/h3-11,18H,2H2,1H3/b17-15+. The third-order valence-electron chi connectivity index (χ3n) is 3.37. The van der Waals surface area contributed by atoms with Gasteiger partial charge in [-0.1, -0.05) is 42.5 Å². The zero-order valence-electron chi connectivity index (χ0n) is 11.6. The van der Waals surface area contributed by atoms with Crippen molar-refractivity contribution in [3.63, 3.8) is 0 Å². The van der Waals surface area contributed by atoms with Gasteiger partial charge in [0.15, 0.2) is 4.90 Å². The van der Waals surface area contributed by atoms with Gasteiger partial charge in [-0.2, -0.15) is 0 Å². The highest BCUT2D eigenvalue weighted by molar-refractivity contribution is 7.97. The van der Waals surface area contributed by atoms with Gasteiger partial charge in [0.05, 0.1) is 5.56 Å². The molecule has 3 nitrogen and oxygen atoms in total. The summed E-state index contributed by atoms with van der Waals surface area (Å²) in [4.78, 5) is 13.6. The fourth-order valence-electron chi connectivity index (χ4n) is 2.43. The Kier molecular flexibility index (Phi) is 3.82. The van der Waals surface area contributed by atoms with Crippen LogP contribution in [0.4, 0.5) is 0 Å². The van der Waals surface area contributed by atoms with Crippen molar-refractivity contribution < 1.29 is 9.35 Å². The molecule has 1 aliphatic heterocycles. The van der Waals surface area contributed by atoms with Gasteiger partial charge in [0.1, 0.15) is 5.70 Å². The summed E-state index contributed by atoms with van der Waals surface area (Å²) >= 11 is -1.43. The zero-order chi connectivity index (χ0) is 14.8. The number of benzene rings is 2. The van der Waals surface area contributed by atoms with Gasteiger partial charge in [0, 0.05) is 23.3 Å². The Balaban J connectivity index is 2.18. The van der Waals surface area contributed by atoms with Crippen LogP contribution in [0.5, 0.6) is 0 Å². The second-order valence-electron chi connectivity index (χ2n) is 4.69. The number of allylic oxidation sites excluding steroid dienone is 1. The smallest absolute Gasteiger partial charge is 0.248 e. The van der Waals surface area contributed by atoms with E-state index >= 15 is 0 Å². The van der Waals surface area contributed by atoms with Crippen LogP contribution in [-0.4, -0.2) is 16.9 Å². The minimum absolute atomic E-state index is 0.149. The van der Waals surface area contributed by atoms with Crippen LogP contribution in [0.2, 0.25) is 0 Å². The molecule has 3 rings (SSSR count). The molecule has 1 heterocycles. The molecule has 21 heavy (non-hydrogen) atoms. The lowest BCUT2D eigenvalue weighted by Gasteiger charge is -2.13. The normalized spacial score (nSPS) is 19.3. The summed E-state index contributed by atoms with van der Waals surface area (Å²) in [6.07, 6.45) is 0. The Labute approximate surface area is 126 Å². The third kappa shape index (κ3) is 2.37. The molecule has 0 fully saturated rings. The zero-order valence-corrected chi connectivity index (χ0v) is 12.4. The van der Waals surface area contributed by atoms with E-state index in [1.165, 1.54) is 0 Å². The first kappa shape index (κ1) is 13.9. The molecule has 1 aliphatic rings. The monoisotopic (exact) mass is 297 g/mol. The summed E-state index contributed by atoms with van der Waals surface area (Å²) in [5.74, 6) is -0.149. The molecule has 1 unspecified atom stereocenters. The lowest BCUT2D eigenvalue weighted by Crippen LogP contribution is -2.18. The molecule has 106 valence electrons. The van der Waals surface area contributed by atoms with E-state index in [2.05, 4.69) is 5.32 Å². The highest BCUT2D eigenvalue weighted by atomic mass is 32.2. The Bertz CT molecular complexity index is 710. The molecule has 0 radical (unpaired) electrons. The number of carbonyl (C=O) groups is 1. The van der Waals surface area contributed by atoms with Crippen LogP contribution in [0.3, 0.4) is 0 Å². The highest BCUT2D eigenvalue weighted by Gasteiger charge is 2.41. The SMILES string of the molecule is CCN/C(=C1\C(=O)c2ccccc2[S+]1[O-])c1ccccc1. The molecule has 4 heteroatoms. The predicted octanol–water partition coefficient (Wildman–Crippen LogP) is 2.97. The van der Waals surface area contributed by atoms with Gasteiger partial charge in [-0.3, -0.25) is 4.79 Å². The lowest BCUT2D eigenvalue weighted by atomic mass is 10.1. The van der Waals surface area contributed by atoms with Crippen LogP contribution < -0.4 is 5.32 Å². The third-order valence-corrected chi connectivity index (χ3v) is 4.88. The topological polar surface area (TPSA) is 52.2 Å². The minimum Gasteiger partial charge on any atom is -0.606 e. The average molecular weight is 297 g/mol. The van der Waals surface area contributed by atoms with Crippen molar-refractivity contribution in [2.24, 2.45) is 0 Å². The van der Waals surface area contributed by atoms with Gasteiger partial charge < -0.3 is 9.87 Å². The van der Waals surface area contributed by atoms with Gasteiger partial charge in [-0.15, -0.1) is 0 Å². The van der Waals surface area contributed by atoms with Crippen LogP contribution in [0.25, 0.3) is 5.70 Å². The molecule has 1 N–H and O–H groups in total. The summed E-state index contributed by atoms with van der Waals surface area (Å²) < 4.78 is 12.7.